The van der Waals surface area contributed by atoms with Crippen LogP contribution in [0.3, 0.4) is 0 Å². The summed E-state index contributed by atoms with van der Waals surface area (Å²) in [5, 5.41) is 0.626. The van der Waals surface area contributed by atoms with Crippen molar-refractivity contribution < 1.29 is 13.6 Å². The molecule has 1 aromatic carbocycles. The lowest BCUT2D eigenvalue weighted by atomic mass is 9.91. The van der Waals surface area contributed by atoms with Crippen LogP contribution in [-0.4, -0.2) is 39.8 Å². The Hall–Kier alpha value is -1.95. The molecule has 0 radical (unpaired) electrons. The number of imidazole rings is 1. The van der Waals surface area contributed by atoms with E-state index in [1.807, 2.05) is 19.1 Å². The lowest BCUT2D eigenvalue weighted by Crippen LogP contribution is -2.42. The molecule has 1 aromatic heterocycles. The van der Waals surface area contributed by atoms with Gasteiger partial charge >= 0.3 is 0 Å². The Morgan fingerprint density at radius 1 is 1.31 bits per heavy atom. The van der Waals surface area contributed by atoms with Crippen LogP contribution in [0.1, 0.15) is 48.8 Å². The van der Waals surface area contributed by atoms with E-state index in [0.717, 1.165) is 11.3 Å². The quantitative estimate of drug-likeness (QED) is 0.815. The number of nitrogens with one attached hydrogen (secondary N) is 1. The summed E-state index contributed by atoms with van der Waals surface area (Å²) in [5.74, 6) is -2.23. The van der Waals surface area contributed by atoms with Gasteiger partial charge in [0.25, 0.3) is 5.91 Å². The zero-order valence-electron chi connectivity index (χ0n) is 14.9. The lowest BCUT2D eigenvalue weighted by Gasteiger charge is -2.34. The number of aromatic amines is 1. The Labute approximate surface area is 156 Å². The van der Waals surface area contributed by atoms with E-state index in [9.17, 15) is 13.6 Å². The van der Waals surface area contributed by atoms with Crippen LogP contribution in [0.25, 0.3) is 11.4 Å². The molecule has 0 unspecified atom stereocenters. The Kier molecular flexibility index (Phi) is 5.32. The van der Waals surface area contributed by atoms with Crippen LogP contribution in [0.4, 0.5) is 8.78 Å². The summed E-state index contributed by atoms with van der Waals surface area (Å²) in [7, 11) is 1.67. The van der Waals surface area contributed by atoms with Gasteiger partial charge in [-0.1, -0.05) is 18.5 Å². The van der Waals surface area contributed by atoms with Crippen molar-refractivity contribution in [3.8, 4) is 11.4 Å². The van der Waals surface area contributed by atoms with Gasteiger partial charge in [0.2, 0.25) is 5.92 Å². The number of rotatable bonds is 4. The largest absolute Gasteiger partial charge is 0.341 e. The van der Waals surface area contributed by atoms with Crippen molar-refractivity contribution in [1.82, 2.24) is 14.9 Å². The summed E-state index contributed by atoms with van der Waals surface area (Å²) in [6, 6.07) is 7.02. The van der Waals surface area contributed by atoms with Crippen molar-refractivity contribution in [2.75, 3.05) is 7.05 Å². The number of hydrogen-bond acceptors (Lipinski definition) is 2. The van der Waals surface area contributed by atoms with Gasteiger partial charge in [-0.2, -0.15) is 0 Å². The molecule has 1 saturated carbocycles. The first-order chi connectivity index (χ1) is 12.3. The van der Waals surface area contributed by atoms with Crippen LogP contribution < -0.4 is 0 Å². The number of nitrogens with zero attached hydrogens (tertiary/aromatic N) is 2. The summed E-state index contributed by atoms with van der Waals surface area (Å²) >= 11 is 5.92. The molecule has 1 amide bonds. The fraction of sp³-hybridized carbons (Fsp3) is 0.474. The molecule has 4 nitrogen and oxygen atoms in total. The van der Waals surface area contributed by atoms with Crippen LogP contribution >= 0.6 is 11.6 Å². The van der Waals surface area contributed by atoms with Gasteiger partial charge in [-0.25, -0.2) is 13.8 Å². The van der Waals surface area contributed by atoms with Gasteiger partial charge in [0, 0.05) is 42.2 Å². The first-order valence-electron chi connectivity index (χ1n) is 8.80. The Balaban J connectivity index is 1.81. The van der Waals surface area contributed by atoms with Crippen LogP contribution in [0.2, 0.25) is 5.02 Å². The standard InChI is InChI=1S/C19H22ClF2N3O/c1-3-15-16(24-17(23-15)12-4-6-13(20)7-5-12)18(26)25(2)14-8-10-19(21,22)11-9-14/h4-7,14H,3,8-11H2,1-2H3,(H,23,24). The molecule has 140 valence electrons. The second kappa shape index (κ2) is 7.35. The number of aryl methyl sites for hydroxylation is 1. The minimum absolute atomic E-state index is 0.174. The maximum atomic E-state index is 13.4. The van der Waals surface area contributed by atoms with Gasteiger partial charge in [-0.15, -0.1) is 0 Å². The molecule has 0 atom stereocenters. The number of H-pyrrole nitrogens is 1. The summed E-state index contributed by atoms with van der Waals surface area (Å²) in [5.41, 5.74) is 1.94. The van der Waals surface area contributed by atoms with E-state index in [1.165, 1.54) is 0 Å². The first-order valence-corrected chi connectivity index (χ1v) is 9.18. The van der Waals surface area contributed by atoms with Gasteiger partial charge in [0.05, 0.1) is 0 Å². The van der Waals surface area contributed by atoms with E-state index in [1.54, 1.807) is 24.1 Å². The van der Waals surface area contributed by atoms with E-state index >= 15 is 0 Å². The first kappa shape index (κ1) is 18.8. The predicted molar refractivity (Wildman–Crippen MR) is 97.7 cm³/mol. The van der Waals surface area contributed by atoms with Crippen molar-refractivity contribution in [2.45, 2.75) is 51.0 Å². The number of halogens is 3. The van der Waals surface area contributed by atoms with Gasteiger partial charge in [0.15, 0.2) is 0 Å². The van der Waals surface area contributed by atoms with E-state index in [4.69, 9.17) is 11.6 Å². The van der Waals surface area contributed by atoms with Gasteiger partial charge < -0.3 is 9.88 Å². The molecule has 1 aliphatic carbocycles. The van der Waals surface area contributed by atoms with Crippen molar-refractivity contribution in [1.29, 1.82) is 0 Å². The van der Waals surface area contributed by atoms with Crippen molar-refractivity contribution in [2.24, 2.45) is 0 Å². The van der Waals surface area contributed by atoms with E-state index in [0.29, 0.717) is 35.8 Å². The Bertz CT molecular complexity index is 779. The summed E-state index contributed by atoms with van der Waals surface area (Å²) in [6.07, 6.45) is 0.896. The highest BCUT2D eigenvalue weighted by atomic mass is 35.5. The molecule has 1 fully saturated rings. The molecule has 0 aliphatic heterocycles. The third-order valence-electron chi connectivity index (χ3n) is 5.01. The molecule has 2 aromatic rings. The van der Waals surface area contributed by atoms with Gasteiger partial charge in [-0.3, -0.25) is 4.79 Å². The number of amides is 1. The smallest absolute Gasteiger partial charge is 0.274 e. The molecule has 1 aliphatic rings. The average Bonchev–Trinajstić information content (AvgIpc) is 3.05. The Morgan fingerprint density at radius 3 is 2.50 bits per heavy atom. The monoisotopic (exact) mass is 381 g/mol. The molecular weight excluding hydrogens is 360 g/mol. The van der Waals surface area contributed by atoms with Gasteiger partial charge in [0.1, 0.15) is 11.5 Å². The van der Waals surface area contributed by atoms with E-state index in [-0.39, 0.29) is 24.8 Å². The molecule has 1 N–H and O–H groups in total. The van der Waals surface area contributed by atoms with Gasteiger partial charge in [-0.05, 0) is 43.5 Å². The molecule has 1 heterocycles. The maximum absolute atomic E-state index is 13.4. The number of benzene rings is 1. The number of carbonyl (C=O) groups excluding carboxylic acids is 1. The highest BCUT2D eigenvalue weighted by Gasteiger charge is 2.37. The predicted octanol–water partition coefficient (Wildman–Crippen LogP) is 4.94. The molecule has 3 rings (SSSR count). The van der Waals surface area contributed by atoms with Crippen LogP contribution in [-0.2, 0) is 6.42 Å². The molecule has 0 spiro atoms. The van der Waals surface area contributed by atoms with Crippen molar-refractivity contribution in [3.63, 3.8) is 0 Å². The molecule has 0 bridgehead atoms. The maximum Gasteiger partial charge on any atom is 0.274 e. The zero-order valence-corrected chi connectivity index (χ0v) is 15.6. The zero-order chi connectivity index (χ0) is 18.9. The number of hydrogen-bond donors (Lipinski definition) is 1. The van der Waals surface area contributed by atoms with Crippen molar-refractivity contribution >= 4 is 17.5 Å². The van der Waals surface area contributed by atoms with Crippen molar-refractivity contribution in [3.05, 3.63) is 40.7 Å². The minimum atomic E-state index is -2.61. The Morgan fingerprint density at radius 2 is 1.92 bits per heavy atom. The minimum Gasteiger partial charge on any atom is -0.341 e. The molecule has 7 heteroatoms. The van der Waals surface area contributed by atoms with Crippen LogP contribution in [0.5, 0.6) is 0 Å². The fourth-order valence-corrected chi connectivity index (χ4v) is 3.46. The number of aromatic nitrogens is 2. The van der Waals surface area contributed by atoms with E-state index in [2.05, 4.69) is 9.97 Å². The summed E-state index contributed by atoms with van der Waals surface area (Å²) < 4.78 is 26.7. The normalized spacial score (nSPS) is 17.3. The topological polar surface area (TPSA) is 49.0 Å². The van der Waals surface area contributed by atoms with Crippen LogP contribution in [0, 0.1) is 0 Å². The lowest BCUT2D eigenvalue weighted by molar-refractivity contribution is -0.0491. The summed E-state index contributed by atoms with van der Waals surface area (Å²) in [4.78, 5) is 22.2. The third-order valence-corrected chi connectivity index (χ3v) is 5.26. The molecular formula is C19H22ClF2N3O. The molecule has 26 heavy (non-hydrogen) atoms. The highest BCUT2D eigenvalue weighted by Crippen LogP contribution is 2.35. The van der Waals surface area contributed by atoms with E-state index < -0.39 is 5.92 Å². The second-order valence-corrected chi connectivity index (χ2v) is 7.21. The van der Waals surface area contributed by atoms with Crippen LogP contribution in [0.15, 0.2) is 24.3 Å². The number of alkyl halides is 2. The second-order valence-electron chi connectivity index (χ2n) is 6.78. The molecule has 0 saturated heterocycles. The summed E-state index contributed by atoms with van der Waals surface area (Å²) in [6.45, 7) is 1.94. The highest BCUT2D eigenvalue weighted by molar-refractivity contribution is 6.30. The third kappa shape index (κ3) is 3.90. The number of carbonyl (C=O) groups is 1. The average molecular weight is 382 g/mol. The fourth-order valence-electron chi connectivity index (χ4n) is 3.33. The SMILES string of the molecule is CCc1[nH]c(-c2ccc(Cl)cc2)nc1C(=O)N(C)C1CCC(F)(F)CC1.